The summed E-state index contributed by atoms with van der Waals surface area (Å²) in [5.74, 6) is -1.88. The summed E-state index contributed by atoms with van der Waals surface area (Å²) in [5, 5.41) is 6.53. The maximum atomic E-state index is 17.1. The average molecular weight is 700 g/mol. The molecule has 0 aliphatic carbocycles. The summed E-state index contributed by atoms with van der Waals surface area (Å²) in [6.45, 7) is 4.00. The molecule has 50 heavy (non-hydrogen) atoms. The third-order valence-electron chi connectivity index (χ3n) is 10.1. The largest absolute Gasteiger partial charge is 0.475 e. The molecule has 7 heterocycles. The van der Waals surface area contributed by atoms with Crippen molar-refractivity contribution in [2.24, 2.45) is 0 Å². The van der Waals surface area contributed by atoms with E-state index in [-0.39, 0.29) is 78.1 Å². The van der Waals surface area contributed by atoms with E-state index in [0.717, 1.165) is 12.6 Å². The van der Waals surface area contributed by atoms with E-state index >= 15 is 4.39 Å². The summed E-state index contributed by atoms with van der Waals surface area (Å²) in [6.07, 6.45) is -1.99. The molecule has 0 bridgehead atoms. The van der Waals surface area contributed by atoms with Crippen LogP contribution >= 0.6 is 0 Å². The van der Waals surface area contributed by atoms with Gasteiger partial charge in [-0.25, -0.2) is 23.1 Å². The van der Waals surface area contributed by atoms with Gasteiger partial charge in [-0.1, -0.05) is 0 Å². The van der Waals surface area contributed by atoms with Crippen molar-refractivity contribution in [3.63, 3.8) is 0 Å². The second kappa shape index (κ2) is 11.6. The molecule has 3 aliphatic heterocycles. The van der Waals surface area contributed by atoms with Gasteiger partial charge in [-0.2, -0.15) is 28.2 Å². The van der Waals surface area contributed by atoms with Crippen LogP contribution in [0.1, 0.15) is 48.9 Å². The van der Waals surface area contributed by atoms with Crippen molar-refractivity contribution in [3.05, 3.63) is 52.9 Å². The molecule has 5 aromatic rings. The molecule has 0 radical (unpaired) electrons. The molecule has 262 valence electrons. The van der Waals surface area contributed by atoms with E-state index in [1.807, 2.05) is 4.90 Å². The fourth-order valence-corrected chi connectivity index (χ4v) is 7.82. The summed E-state index contributed by atoms with van der Waals surface area (Å²) in [5.41, 5.74) is 3.25. The number of nitrogens with zero attached hydrogens (tertiary/aromatic N) is 7. The van der Waals surface area contributed by atoms with Crippen LogP contribution in [-0.4, -0.2) is 79.6 Å². The van der Waals surface area contributed by atoms with Gasteiger partial charge < -0.3 is 20.1 Å². The Morgan fingerprint density at radius 1 is 1.16 bits per heavy atom. The Morgan fingerprint density at radius 3 is 2.78 bits per heavy atom. The average Bonchev–Trinajstić information content (AvgIpc) is 3.73. The molecule has 0 amide bonds. The second-order valence-electron chi connectivity index (χ2n) is 13.1. The lowest BCUT2D eigenvalue weighted by Gasteiger charge is -2.32. The number of halogens is 6. The van der Waals surface area contributed by atoms with Crippen LogP contribution in [0.5, 0.6) is 11.9 Å². The lowest BCUT2D eigenvalue weighted by molar-refractivity contribution is -0.137. The van der Waals surface area contributed by atoms with Gasteiger partial charge in [0.15, 0.2) is 5.82 Å². The standard InChI is InChI=1S/C33H31F6N9O2/c1-15-8-21-20(12-42-46-21)22(24(15)33(37,38)39)26-25(36)27-23-29(45-31(44-27)50-14-32-4-3-5-47(32)13-18(35)10-32)48(6-7-49-30(23)43-26)16(2)19-9-17(34)11-41-28(19)40/h8-9,11-12,16,18H,3-7,10,13-14H2,1-2H3,(H2,40,41)(H,42,46)/t16-,18-,32+/m1/s1. The van der Waals surface area contributed by atoms with Crippen LogP contribution < -0.4 is 20.1 Å². The van der Waals surface area contributed by atoms with Gasteiger partial charge in [0.05, 0.1) is 41.6 Å². The van der Waals surface area contributed by atoms with Gasteiger partial charge in [-0.3, -0.25) is 10.00 Å². The minimum absolute atomic E-state index is 0.00332. The molecule has 11 nitrogen and oxygen atoms in total. The summed E-state index contributed by atoms with van der Waals surface area (Å²) in [4.78, 5) is 21.1. The first-order chi connectivity index (χ1) is 23.8. The number of nitrogen functional groups attached to an aromatic ring is 1. The van der Waals surface area contributed by atoms with Crippen molar-refractivity contribution in [3.8, 4) is 23.1 Å². The predicted octanol–water partition coefficient (Wildman–Crippen LogP) is 6.07. The van der Waals surface area contributed by atoms with Crippen molar-refractivity contribution in [1.29, 1.82) is 0 Å². The molecule has 17 heteroatoms. The summed E-state index contributed by atoms with van der Waals surface area (Å²) in [7, 11) is 0. The highest BCUT2D eigenvalue weighted by molar-refractivity contribution is 6.02. The first kappa shape index (κ1) is 32.3. The van der Waals surface area contributed by atoms with Crippen LogP contribution in [0.15, 0.2) is 24.5 Å². The number of aromatic nitrogens is 6. The van der Waals surface area contributed by atoms with Crippen molar-refractivity contribution >= 4 is 33.4 Å². The molecule has 8 rings (SSSR count). The number of anilines is 2. The number of benzene rings is 1. The summed E-state index contributed by atoms with van der Waals surface area (Å²) >= 11 is 0. The van der Waals surface area contributed by atoms with Crippen molar-refractivity contribution < 1.29 is 35.8 Å². The Labute approximate surface area is 280 Å². The van der Waals surface area contributed by atoms with E-state index in [1.54, 1.807) is 11.8 Å². The molecule has 0 saturated carbocycles. The van der Waals surface area contributed by atoms with Crippen molar-refractivity contribution in [1.82, 2.24) is 35.0 Å². The normalized spacial score (nSPS) is 21.4. The van der Waals surface area contributed by atoms with Gasteiger partial charge in [-0.05, 0) is 50.9 Å². The SMILES string of the molecule is Cc1cc2[nH]ncc2c(-c2nc3c4c(nc(OC[C@@]56CCCN5C[C@H](F)C6)nc4c2F)N([C@H](C)c2cc(F)cnc2N)CCO3)c1C(F)(F)F. The number of alkyl halides is 4. The lowest BCUT2D eigenvalue weighted by Crippen LogP contribution is -2.43. The monoisotopic (exact) mass is 699 g/mol. The number of hydrogen-bond donors (Lipinski definition) is 2. The molecule has 2 saturated heterocycles. The van der Waals surface area contributed by atoms with Gasteiger partial charge in [0.2, 0.25) is 5.88 Å². The van der Waals surface area contributed by atoms with Gasteiger partial charge in [-0.15, -0.1) is 0 Å². The molecule has 3 atom stereocenters. The van der Waals surface area contributed by atoms with E-state index in [0.29, 0.717) is 18.5 Å². The summed E-state index contributed by atoms with van der Waals surface area (Å²) in [6, 6.07) is 1.53. The zero-order valence-electron chi connectivity index (χ0n) is 26.9. The summed E-state index contributed by atoms with van der Waals surface area (Å²) < 4.78 is 102. The van der Waals surface area contributed by atoms with Crippen molar-refractivity contribution in [2.75, 3.05) is 43.5 Å². The number of pyridine rings is 2. The number of rotatable bonds is 6. The molecule has 4 aromatic heterocycles. The number of fused-ring (bicyclic) bond motifs is 2. The Hall–Kier alpha value is -4.93. The van der Waals surface area contributed by atoms with E-state index in [4.69, 9.17) is 15.2 Å². The number of nitrogens with two attached hydrogens (primary N) is 1. The highest BCUT2D eigenvalue weighted by Crippen LogP contribution is 2.47. The smallest absolute Gasteiger partial charge is 0.417 e. The lowest BCUT2D eigenvalue weighted by atomic mass is 9.94. The van der Waals surface area contributed by atoms with E-state index < -0.39 is 57.9 Å². The van der Waals surface area contributed by atoms with E-state index in [1.165, 1.54) is 25.3 Å². The van der Waals surface area contributed by atoms with E-state index in [2.05, 4.69) is 30.1 Å². The van der Waals surface area contributed by atoms with Crippen LogP contribution in [0.2, 0.25) is 0 Å². The van der Waals surface area contributed by atoms with Gasteiger partial charge >= 0.3 is 12.2 Å². The van der Waals surface area contributed by atoms with Gasteiger partial charge in [0.1, 0.15) is 53.4 Å². The third kappa shape index (κ3) is 5.12. The van der Waals surface area contributed by atoms with Crippen molar-refractivity contribution in [2.45, 2.75) is 57.0 Å². The minimum Gasteiger partial charge on any atom is -0.475 e. The zero-order chi connectivity index (χ0) is 35.1. The Balaban J connectivity index is 1.35. The maximum absolute atomic E-state index is 17.1. The molecule has 2 fully saturated rings. The first-order valence-electron chi connectivity index (χ1n) is 16.1. The topological polar surface area (TPSA) is 131 Å². The molecule has 3 aliphatic rings. The number of aryl methyl sites for hydroxylation is 1. The highest BCUT2D eigenvalue weighted by atomic mass is 19.4. The predicted molar refractivity (Wildman–Crippen MR) is 171 cm³/mol. The minimum atomic E-state index is -4.89. The molecule has 0 unspecified atom stereocenters. The number of ether oxygens (including phenoxy) is 2. The highest BCUT2D eigenvalue weighted by Gasteiger charge is 2.49. The number of aromatic amines is 1. The van der Waals surface area contributed by atoms with Gasteiger partial charge in [0.25, 0.3) is 0 Å². The Kier molecular flexibility index (Phi) is 7.47. The number of nitrogens with one attached hydrogen (secondary N) is 1. The van der Waals surface area contributed by atoms with E-state index in [9.17, 15) is 22.0 Å². The Bertz CT molecular complexity index is 2160. The number of hydrogen-bond acceptors (Lipinski definition) is 10. The zero-order valence-corrected chi connectivity index (χ0v) is 26.9. The quantitative estimate of drug-likeness (QED) is 0.202. The molecular weight excluding hydrogens is 668 g/mol. The fraction of sp³-hybridized carbons (Fsp3) is 0.424. The third-order valence-corrected chi connectivity index (χ3v) is 10.1. The van der Waals surface area contributed by atoms with Crippen LogP contribution in [0.4, 0.5) is 38.0 Å². The maximum Gasteiger partial charge on any atom is 0.417 e. The van der Waals surface area contributed by atoms with Gasteiger partial charge in [0, 0.05) is 29.5 Å². The first-order valence-corrected chi connectivity index (χ1v) is 16.1. The molecule has 0 spiro atoms. The second-order valence-corrected chi connectivity index (χ2v) is 13.1. The Morgan fingerprint density at radius 2 is 1.98 bits per heavy atom. The van der Waals surface area contributed by atoms with Crippen LogP contribution in [-0.2, 0) is 6.18 Å². The van der Waals surface area contributed by atoms with Crippen LogP contribution in [0, 0.1) is 18.6 Å². The molecule has 3 N–H and O–H groups in total. The van der Waals surface area contributed by atoms with Crippen LogP contribution in [0.3, 0.4) is 0 Å². The fourth-order valence-electron chi connectivity index (χ4n) is 7.82. The molecule has 1 aromatic carbocycles. The molecular formula is C33H31F6N9O2. The van der Waals surface area contributed by atoms with Crippen LogP contribution in [0.25, 0.3) is 33.1 Å². The number of H-pyrrole nitrogens is 1.